The highest BCUT2D eigenvalue weighted by Crippen LogP contribution is 2.43. The number of fused-ring (bicyclic) bond motifs is 1. The van der Waals surface area contributed by atoms with E-state index in [9.17, 15) is 14.0 Å². The van der Waals surface area contributed by atoms with Gasteiger partial charge in [0.25, 0.3) is 0 Å². The molecule has 32 heavy (non-hydrogen) atoms. The lowest BCUT2D eigenvalue weighted by atomic mass is 9.88. The number of nitrogens with two attached hydrogens (primary N) is 1. The first-order valence-electron chi connectivity index (χ1n) is 11.5. The van der Waals surface area contributed by atoms with Gasteiger partial charge in [-0.3, -0.25) is 14.5 Å². The first-order chi connectivity index (χ1) is 15.1. The predicted octanol–water partition coefficient (Wildman–Crippen LogP) is 3.29. The smallest absolute Gasteiger partial charge is 0.231 e. The molecule has 1 aromatic rings. The normalized spacial score (nSPS) is 27.8. The lowest BCUT2D eigenvalue weighted by molar-refractivity contribution is -0.130. The van der Waals surface area contributed by atoms with Gasteiger partial charge in [0.2, 0.25) is 11.8 Å². The van der Waals surface area contributed by atoms with Crippen molar-refractivity contribution in [1.82, 2.24) is 10.2 Å². The van der Waals surface area contributed by atoms with Crippen LogP contribution < -0.4 is 15.8 Å². The minimum Gasteiger partial charge on any atom is -0.487 e. The van der Waals surface area contributed by atoms with Crippen LogP contribution >= 0.6 is 0 Å². The second kappa shape index (κ2) is 8.05. The number of hydrogen-bond acceptors (Lipinski definition) is 5. The monoisotopic (exact) mass is 444 g/mol. The zero-order chi connectivity index (χ0) is 23.3. The number of nitrogens with one attached hydrogen (secondary N) is 1. The van der Waals surface area contributed by atoms with Gasteiger partial charge >= 0.3 is 0 Å². The Kier molecular flexibility index (Phi) is 5.67. The Balaban J connectivity index is 1.41. The van der Waals surface area contributed by atoms with Crippen molar-refractivity contribution in [3.63, 3.8) is 0 Å². The van der Waals surface area contributed by atoms with Gasteiger partial charge in [0, 0.05) is 24.4 Å². The summed E-state index contributed by atoms with van der Waals surface area (Å²) in [6.07, 6.45) is 3.12. The summed E-state index contributed by atoms with van der Waals surface area (Å²) in [6.45, 7) is 8.35. The molecule has 3 atom stereocenters. The lowest BCUT2D eigenvalue weighted by Gasteiger charge is -2.38. The van der Waals surface area contributed by atoms with Crippen molar-refractivity contribution in [2.24, 2.45) is 22.6 Å². The van der Waals surface area contributed by atoms with E-state index in [4.69, 9.17) is 10.5 Å². The second-order valence-electron chi connectivity index (χ2n) is 9.99. The highest BCUT2D eigenvalue weighted by Gasteiger charge is 2.48. The molecule has 2 amide bonds. The zero-order valence-electron chi connectivity index (χ0n) is 19.3. The van der Waals surface area contributed by atoms with Gasteiger partial charge in [-0.05, 0) is 57.2 Å². The summed E-state index contributed by atoms with van der Waals surface area (Å²) in [6, 6.07) is 4.08. The van der Waals surface area contributed by atoms with Crippen LogP contribution in [0.25, 0.3) is 0 Å². The Hall–Kier alpha value is -2.64. The summed E-state index contributed by atoms with van der Waals surface area (Å²) in [7, 11) is 0. The number of rotatable bonds is 6. The van der Waals surface area contributed by atoms with E-state index >= 15 is 0 Å². The van der Waals surface area contributed by atoms with Crippen molar-refractivity contribution in [3.05, 3.63) is 29.6 Å². The van der Waals surface area contributed by atoms with Crippen LogP contribution in [0, 0.1) is 17.7 Å². The fourth-order valence-electron chi connectivity index (χ4n) is 4.94. The number of guanidine groups is 1. The molecule has 7 nitrogen and oxygen atoms in total. The molecule has 8 heteroatoms. The topological polar surface area (TPSA) is 97.0 Å². The van der Waals surface area contributed by atoms with Crippen molar-refractivity contribution in [3.8, 4) is 5.75 Å². The number of hydrogen-bond donors (Lipinski definition) is 2. The predicted molar refractivity (Wildman–Crippen MR) is 119 cm³/mol. The molecule has 174 valence electrons. The van der Waals surface area contributed by atoms with Crippen LogP contribution in [0.2, 0.25) is 0 Å². The highest BCUT2D eigenvalue weighted by molar-refractivity contribution is 5.99. The quantitative estimate of drug-likeness (QED) is 0.704. The van der Waals surface area contributed by atoms with Gasteiger partial charge in [-0.15, -0.1) is 0 Å². The standard InChI is InChI=1S/C24H33FN4O3/c1-5-24(6-2)12-20(30)29(22(26)28-24)13-14-9-16(14)21(31)27-18-11-23(3,4)32-19-8-7-15(25)10-17(18)19/h7-8,10,14,16,18H,5-6,9,11-13H2,1-4H3,(H2,26,28)(H,27,31)/t14?,16?,18-/m0/s1. The van der Waals surface area contributed by atoms with E-state index in [0.717, 1.165) is 12.8 Å². The summed E-state index contributed by atoms with van der Waals surface area (Å²) in [5.74, 6) is 0.243. The molecule has 4 rings (SSSR count). The molecular weight excluding hydrogens is 411 g/mol. The van der Waals surface area contributed by atoms with Crippen LogP contribution in [0.1, 0.15) is 71.4 Å². The van der Waals surface area contributed by atoms with Crippen LogP contribution in [0.4, 0.5) is 4.39 Å². The van der Waals surface area contributed by atoms with Gasteiger partial charge in [-0.2, -0.15) is 0 Å². The van der Waals surface area contributed by atoms with E-state index in [1.165, 1.54) is 17.0 Å². The molecule has 1 aromatic carbocycles. The van der Waals surface area contributed by atoms with Crippen molar-refractivity contribution in [1.29, 1.82) is 0 Å². The van der Waals surface area contributed by atoms with Gasteiger partial charge in [0.15, 0.2) is 5.96 Å². The number of halogens is 1. The van der Waals surface area contributed by atoms with E-state index in [2.05, 4.69) is 10.3 Å². The molecule has 1 fully saturated rings. The van der Waals surface area contributed by atoms with Crippen LogP contribution in [0.3, 0.4) is 0 Å². The summed E-state index contributed by atoms with van der Waals surface area (Å²) < 4.78 is 19.8. The molecule has 3 aliphatic rings. The second-order valence-corrected chi connectivity index (χ2v) is 9.99. The third-order valence-corrected chi connectivity index (χ3v) is 7.15. The number of amides is 2. The average molecular weight is 445 g/mol. The summed E-state index contributed by atoms with van der Waals surface area (Å²) in [5.41, 5.74) is 5.93. The van der Waals surface area contributed by atoms with Crippen molar-refractivity contribution >= 4 is 17.8 Å². The third-order valence-electron chi connectivity index (χ3n) is 7.15. The maximum atomic E-state index is 13.8. The Morgan fingerprint density at radius 2 is 2.06 bits per heavy atom. The summed E-state index contributed by atoms with van der Waals surface area (Å²) >= 11 is 0. The molecule has 0 saturated heterocycles. The first-order valence-corrected chi connectivity index (χ1v) is 11.5. The van der Waals surface area contributed by atoms with Crippen LogP contribution in [0.5, 0.6) is 5.75 Å². The van der Waals surface area contributed by atoms with Crippen molar-refractivity contribution in [2.75, 3.05) is 6.54 Å². The first kappa shape index (κ1) is 22.6. The minimum atomic E-state index is -0.470. The number of ether oxygens (including phenoxy) is 1. The van der Waals surface area contributed by atoms with Gasteiger partial charge in [-0.25, -0.2) is 9.38 Å². The molecule has 1 saturated carbocycles. The van der Waals surface area contributed by atoms with E-state index in [0.29, 0.717) is 37.1 Å². The summed E-state index contributed by atoms with van der Waals surface area (Å²) in [4.78, 5) is 31.9. The van der Waals surface area contributed by atoms with Crippen LogP contribution in [-0.4, -0.2) is 40.4 Å². The fourth-order valence-corrected chi connectivity index (χ4v) is 4.94. The van der Waals surface area contributed by atoms with E-state index in [1.54, 1.807) is 6.07 Å². The Bertz CT molecular complexity index is 957. The molecule has 0 spiro atoms. The molecule has 0 radical (unpaired) electrons. The fraction of sp³-hybridized carbons (Fsp3) is 0.625. The van der Waals surface area contributed by atoms with Crippen LogP contribution in [-0.2, 0) is 9.59 Å². The van der Waals surface area contributed by atoms with Crippen LogP contribution in [0.15, 0.2) is 23.2 Å². The van der Waals surface area contributed by atoms with Gasteiger partial charge < -0.3 is 15.8 Å². The molecule has 2 aliphatic heterocycles. The Morgan fingerprint density at radius 3 is 2.72 bits per heavy atom. The van der Waals surface area contributed by atoms with E-state index in [-0.39, 0.29) is 41.5 Å². The molecular formula is C24H33FN4O3. The van der Waals surface area contributed by atoms with Gasteiger partial charge in [-0.1, -0.05) is 13.8 Å². The van der Waals surface area contributed by atoms with Gasteiger partial charge in [0.05, 0.1) is 18.0 Å². The van der Waals surface area contributed by atoms with Crippen molar-refractivity contribution < 1.29 is 18.7 Å². The Labute approximate surface area is 188 Å². The van der Waals surface area contributed by atoms with Crippen molar-refractivity contribution in [2.45, 2.75) is 77.0 Å². The lowest BCUT2D eigenvalue weighted by Crippen LogP contribution is -2.52. The molecule has 0 bridgehead atoms. The minimum absolute atomic E-state index is 0.0251. The zero-order valence-corrected chi connectivity index (χ0v) is 19.3. The summed E-state index contributed by atoms with van der Waals surface area (Å²) in [5, 5.41) is 3.09. The van der Waals surface area contributed by atoms with Gasteiger partial charge in [0.1, 0.15) is 17.2 Å². The number of carbonyl (C=O) groups excluding carboxylic acids is 2. The molecule has 2 unspecified atom stereocenters. The van der Waals surface area contributed by atoms with E-state index < -0.39 is 11.1 Å². The highest BCUT2D eigenvalue weighted by atomic mass is 19.1. The Morgan fingerprint density at radius 1 is 1.34 bits per heavy atom. The molecule has 2 heterocycles. The van der Waals surface area contributed by atoms with E-state index in [1.807, 2.05) is 27.7 Å². The number of benzene rings is 1. The number of nitrogens with zero attached hydrogens (tertiary/aromatic N) is 2. The number of carbonyl (C=O) groups is 2. The maximum Gasteiger partial charge on any atom is 0.231 e. The number of aliphatic imine (C=N–C) groups is 1. The SMILES string of the molecule is CCC1(CC)CC(=O)N(CC2CC2C(=O)N[C@H]2CC(C)(C)Oc3ccc(F)cc32)C(N)=N1. The average Bonchev–Trinajstić information content (AvgIpc) is 3.50. The molecule has 1 aliphatic carbocycles. The molecule has 0 aromatic heterocycles. The largest absolute Gasteiger partial charge is 0.487 e. The maximum absolute atomic E-state index is 13.8. The third kappa shape index (κ3) is 4.32. The molecule has 3 N–H and O–H groups in total.